The predicted octanol–water partition coefficient (Wildman–Crippen LogP) is 2.87. The molecule has 2 aromatic rings. The molecule has 2 aromatic heterocycles. The van der Waals surface area contributed by atoms with Gasteiger partial charge in [0.1, 0.15) is 11.6 Å². The first-order chi connectivity index (χ1) is 9.83. The van der Waals surface area contributed by atoms with E-state index in [9.17, 15) is 0 Å². The Hall–Kier alpha value is -2.17. The van der Waals surface area contributed by atoms with Crippen LogP contribution in [0.2, 0.25) is 0 Å². The number of hydrogen-bond acceptors (Lipinski definition) is 5. The SMILES string of the molecule is CCCNc1cncc(NCc2ncccc2CC)n1. The Kier molecular flexibility index (Phi) is 5.29. The van der Waals surface area contributed by atoms with Crippen molar-refractivity contribution in [3.8, 4) is 0 Å². The highest BCUT2D eigenvalue weighted by molar-refractivity contribution is 5.42. The molecule has 0 saturated heterocycles. The molecular formula is C15H21N5. The van der Waals surface area contributed by atoms with Crippen molar-refractivity contribution in [2.75, 3.05) is 17.2 Å². The molecule has 2 N–H and O–H groups in total. The Morgan fingerprint density at radius 2 is 1.90 bits per heavy atom. The molecular weight excluding hydrogens is 250 g/mol. The van der Waals surface area contributed by atoms with Crippen LogP contribution in [0.1, 0.15) is 31.5 Å². The highest BCUT2D eigenvalue weighted by atomic mass is 15.1. The fourth-order valence-electron chi connectivity index (χ4n) is 1.92. The van der Waals surface area contributed by atoms with Crippen molar-refractivity contribution in [2.24, 2.45) is 0 Å². The third-order valence-electron chi connectivity index (χ3n) is 2.99. The molecule has 0 bridgehead atoms. The topological polar surface area (TPSA) is 62.7 Å². The zero-order valence-electron chi connectivity index (χ0n) is 12.1. The van der Waals surface area contributed by atoms with E-state index in [2.05, 4.69) is 45.5 Å². The number of hydrogen-bond donors (Lipinski definition) is 2. The normalized spacial score (nSPS) is 10.3. The molecule has 106 valence electrons. The van der Waals surface area contributed by atoms with Crippen molar-refractivity contribution in [2.45, 2.75) is 33.2 Å². The van der Waals surface area contributed by atoms with Crippen molar-refractivity contribution in [3.05, 3.63) is 42.0 Å². The lowest BCUT2D eigenvalue weighted by molar-refractivity contribution is 0.949. The second-order valence-corrected chi connectivity index (χ2v) is 4.53. The number of nitrogens with zero attached hydrogens (tertiary/aromatic N) is 3. The first-order valence-electron chi connectivity index (χ1n) is 7.06. The molecule has 5 heteroatoms. The van der Waals surface area contributed by atoms with Crippen molar-refractivity contribution < 1.29 is 0 Å². The van der Waals surface area contributed by atoms with E-state index in [1.54, 1.807) is 12.4 Å². The van der Waals surface area contributed by atoms with Gasteiger partial charge in [-0.05, 0) is 24.5 Å². The lowest BCUT2D eigenvalue weighted by Gasteiger charge is -2.09. The summed E-state index contributed by atoms with van der Waals surface area (Å²) < 4.78 is 0. The number of nitrogens with one attached hydrogen (secondary N) is 2. The van der Waals surface area contributed by atoms with Crippen LogP contribution in [0.3, 0.4) is 0 Å². The zero-order valence-corrected chi connectivity index (χ0v) is 12.1. The molecule has 0 unspecified atom stereocenters. The molecule has 0 aliphatic heterocycles. The van der Waals surface area contributed by atoms with E-state index in [1.165, 1.54) is 5.56 Å². The highest BCUT2D eigenvalue weighted by Gasteiger charge is 2.03. The second kappa shape index (κ2) is 7.43. The molecule has 0 saturated carbocycles. The van der Waals surface area contributed by atoms with Gasteiger partial charge in [-0.3, -0.25) is 9.97 Å². The number of aromatic nitrogens is 3. The first-order valence-corrected chi connectivity index (χ1v) is 7.06. The molecule has 0 aliphatic carbocycles. The van der Waals surface area contributed by atoms with Crippen molar-refractivity contribution in [1.29, 1.82) is 0 Å². The number of anilines is 2. The van der Waals surface area contributed by atoms with E-state index < -0.39 is 0 Å². The zero-order chi connectivity index (χ0) is 14.2. The van der Waals surface area contributed by atoms with Crippen LogP contribution < -0.4 is 10.6 Å². The fraction of sp³-hybridized carbons (Fsp3) is 0.400. The Bertz CT molecular complexity index is 541. The van der Waals surface area contributed by atoms with Gasteiger partial charge < -0.3 is 10.6 Å². The maximum atomic E-state index is 4.47. The summed E-state index contributed by atoms with van der Waals surface area (Å²) in [5.41, 5.74) is 2.32. The molecule has 5 nitrogen and oxygen atoms in total. The Balaban J connectivity index is 1.99. The van der Waals surface area contributed by atoms with Crippen LogP contribution in [0, 0.1) is 0 Å². The van der Waals surface area contributed by atoms with Crippen molar-refractivity contribution >= 4 is 11.6 Å². The minimum atomic E-state index is 0.663. The van der Waals surface area contributed by atoms with Crippen LogP contribution in [-0.4, -0.2) is 21.5 Å². The summed E-state index contributed by atoms with van der Waals surface area (Å²) in [6.07, 6.45) is 7.33. The van der Waals surface area contributed by atoms with Crippen LogP contribution in [0.15, 0.2) is 30.7 Å². The molecule has 2 heterocycles. The van der Waals surface area contributed by atoms with Crippen LogP contribution in [0.5, 0.6) is 0 Å². The standard InChI is InChI=1S/C15H21N5/c1-3-7-18-14-10-16-11-15(20-14)19-9-13-12(4-2)6-5-8-17-13/h5-6,8,10-11H,3-4,7,9H2,1-2H3,(H2,18,19,20). The highest BCUT2D eigenvalue weighted by Crippen LogP contribution is 2.11. The van der Waals surface area contributed by atoms with Crippen LogP contribution >= 0.6 is 0 Å². The summed E-state index contributed by atoms with van der Waals surface area (Å²) in [5, 5.41) is 6.50. The minimum absolute atomic E-state index is 0.663. The van der Waals surface area contributed by atoms with Crippen molar-refractivity contribution in [1.82, 2.24) is 15.0 Å². The summed E-state index contributed by atoms with van der Waals surface area (Å²) in [6, 6.07) is 4.08. The van der Waals surface area contributed by atoms with Crippen LogP contribution in [0.4, 0.5) is 11.6 Å². The van der Waals surface area contributed by atoms with Gasteiger partial charge in [0.15, 0.2) is 0 Å². The smallest absolute Gasteiger partial charge is 0.147 e. The number of rotatable bonds is 7. The number of aryl methyl sites for hydroxylation is 1. The van der Waals surface area contributed by atoms with Gasteiger partial charge in [0.05, 0.1) is 24.6 Å². The van der Waals surface area contributed by atoms with Gasteiger partial charge >= 0.3 is 0 Å². The largest absolute Gasteiger partial charge is 0.369 e. The Morgan fingerprint density at radius 1 is 1.10 bits per heavy atom. The van der Waals surface area contributed by atoms with E-state index >= 15 is 0 Å². The molecule has 20 heavy (non-hydrogen) atoms. The van der Waals surface area contributed by atoms with Crippen molar-refractivity contribution in [3.63, 3.8) is 0 Å². The lowest BCUT2D eigenvalue weighted by Crippen LogP contribution is -2.08. The molecule has 0 aliphatic rings. The summed E-state index contributed by atoms with van der Waals surface area (Å²) in [4.78, 5) is 13.1. The predicted molar refractivity (Wildman–Crippen MR) is 81.8 cm³/mol. The van der Waals surface area contributed by atoms with E-state index in [0.717, 1.165) is 36.7 Å². The average molecular weight is 271 g/mol. The quantitative estimate of drug-likeness (QED) is 0.810. The molecule has 0 amide bonds. The maximum Gasteiger partial charge on any atom is 0.147 e. The summed E-state index contributed by atoms with van der Waals surface area (Å²) in [6.45, 7) is 5.82. The summed E-state index contributed by atoms with van der Waals surface area (Å²) >= 11 is 0. The van der Waals surface area contributed by atoms with Gasteiger partial charge in [-0.25, -0.2) is 4.98 Å². The molecule has 0 atom stereocenters. The first kappa shape index (κ1) is 14.2. The van der Waals surface area contributed by atoms with Gasteiger partial charge in [0.25, 0.3) is 0 Å². The molecule has 0 fully saturated rings. The van der Waals surface area contributed by atoms with Gasteiger partial charge in [-0.2, -0.15) is 0 Å². The number of pyridine rings is 1. The molecule has 2 rings (SSSR count). The molecule has 0 spiro atoms. The van der Waals surface area contributed by atoms with Crippen LogP contribution in [0.25, 0.3) is 0 Å². The maximum absolute atomic E-state index is 4.47. The molecule has 0 radical (unpaired) electrons. The van der Waals surface area contributed by atoms with E-state index in [1.807, 2.05) is 12.3 Å². The van der Waals surface area contributed by atoms with Gasteiger partial charge in [-0.1, -0.05) is 19.9 Å². The average Bonchev–Trinajstić information content (AvgIpc) is 2.51. The Labute approximate surface area is 119 Å². The monoisotopic (exact) mass is 271 g/mol. The van der Waals surface area contributed by atoms with Gasteiger partial charge in [-0.15, -0.1) is 0 Å². The van der Waals surface area contributed by atoms with E-state index in [4.69, 9.17) is 0 Å². The third kappa shape index (κ3) is 3.91. The van der Waals surface area contributed by atoms with Gasteiger partial charge in [0.2, 0.25) is 0 Å². The minimum Gasteiger partial charge on any atom is -0.369 e. The van der Waals surface area contributed by atoms with Gasteiger partial charge in [0, 0.05) is 12.7 Å². The summed E-state index contributed by atoms with van der Waals surface area (Å²) in [7, 11) is 0. The summed E-state index contributed by atoms with van der Waals surface area (Å²) in [5.74, 6) is 1.56. The Morgan fingerprint density at radius 3 is 2.65 bits per heavy atom. The van der Waals surface area contributed by atoms with E-state index in [-0.39, 0.29) is 0 Å². The fourth-order valence-corrected chi connectivity index (χ4v) is 1.92. The third-order valence-corrected chi connectivity index (χ3v) is 2.99. The lowest BCUT2D eigenvalue weighted by atomic mass is 10.1. The van der Waals surface area contributed by atoms with E-state index in [0.29, 0.717) is 6.54 Å². The van der Waals surface area contributed by atoms with Crippen LogP contribution in [-0.2, 0) is 13.0 Å². The molecule has 0 aromatic carbocycles. The second-order valence-electron chi connectivity index (χ2n) is 4.53.